The van der Waals surface area contributed by atoms with E-state index in [9.17, 15) is 9.32 Å². The van der Waals surface area contributed by atoms with Gasteiger partial charge >= 0.3 is 0 Å². The highest BCUT2D eigenvalue weighted by atomic mass is 32.2. The SMILES string of the molecule is COCc1cccc(CNCCN2c3ccccc3S(=O)c3ccc(C)c(C)c32)c1O. The summed E-state index contributed by atoms with van der Waals surface area (Å²) in [6.07, 6.45) is 0. The molecule has 162 valence electrons. The third kappa shape index (κ3) is 4.11. The molecular weight excluding hydrogens is 408 g/mol. The molecular formula is C25H28N2O3S. The maximum atomic E-state index is 13.2. The zero-order valence-electron chi connectivity index (χ0n) is 18.1. The van der Waals surface area contributed by atoms with Crippen molar-refractivity contribution in [3.63, 3.8) is 0 Å². The first-order valence-corrected chi connectivity index (χ1v) is 11.6. The molecule has 0 saturated heterocycles. The Bertz CT molecular complexity index is 1130. The number of nitrogens with one attached hydrogen (secondary N) is 1. The molecule has 31 heavy (non-hydrogen) atoms. The molecule has 0 spiro atoms. The number of nitrogens with zero attached hydrogens (tertiary/aromatic N) is 1. The molecule has 0 bridgehead atoms. The Morgan fingerprint density at radius 2 is 1.77 bits per heavy atom. The summed E-state index contributed by atoms with van der Waals surface area (Å²) < 4.78 is 18.3. The Hall–Kier alpha value is -2.67. The summed E-state index contributed by atoms with van der Waals surface area (Å²) in [4.78, 5) is 3.98. The Labute approximate surface area is 186 Å². The first-order chi connectivity index (χ1) is 15.0. The number of hydrogen-bond donors (Lipinski definition) is 2. The van der Waals surface area contributed by atoms with Gasteiger partial charge in [0, 0.05) is 37.9 Å². The molecule has 6 heteroatoms. The summed E-state index contributed by atoms with van der Waals surface area (Å²) in [6.45, 7) is 6.57. The smallest absolute Gasteiger partial charge is 0.125 e. The van der Waals surface area contributed by atoms with Crippen molar-refractivity contribution in [3.05, 3.63) is 76.9 Å². The zero-order valence-corrected chi connectivity index (χ0v) is 19.0. The quantitative estimate of drug-likeness (QED) is 0.532. The number of ether oxygens (including phenoxy) is 1. The molecule has 0 amide bonds. The van der Waals surface area contributed by atoms with Gasteiger partial charge in [0.1, 0.15) is 5.75 Å². The topological polar surface area (TPSA) is 61.8 Å². The van der Waals surface area contributed by atoms with E-state index in [2.05, 4.69) is 24.1 Å². The van der Waals surface area contributed by atoms with Crippen molar-refractivity contribution in [2.75, 3.05) is 25.1 Å². The highest BCUT2D eigenvalue weighted by Gasteiger charge is 2.29. The van der Waals surface area contributed by atoms with Crippen LogP contribution in [0, 0.1) is 13.8 Å². The monoisotopic (exact) mass is 436 g/mol. The van der Waals surface area contributed by atoms with Gasteiger partial charge in [0.2, 0.25) is 0 Å². The van der Waals surface area contributed by atoms with Crippen LogP contribution in [-0.2, 0) is 28.7 Å². The van der Waals surface area contributed by atoms with Gasteiger partial charge in [-0.1, -0.05) is 36.4 Å². The highest BCUT2D eigenvalue weighted by Crippen LogP contribution is 2.44. The fourth-order valence-corrected chi connectivity index (χ4v) is 5.48. The van der Waals surface area contributed by atoms with Gasteiger partial charge in [-0.05, 0) is 43.2 Å². The van der Waals surface area contributed by atoms with Gasteiger partial charge in [0.25, 0.3) is 0 Å². The Morgan fingerprint density at radius 1 is 1.00 bits per heavy atom. The average Bonchev–Trinajstić information content (AvgIpc) is 2.78. The molecule has 3 aromatic rings. The molecule has 0 fully saturated rings. The van der Waals surface area contributed by atoms with E-state index in [-0.39, 0.29) is 5.75 Å². The molecule has 1 heterocycles. The van der Waals surface area contributed by atoms with E-state index in [1.165, 1.54) is 5.56 Å². The lowest BCUT2D eigenvalue weighted by molar-refractivity contribution is 0.182. The van der Waals surface area contributed by atoms with Gasteiger partial charge in [-0.15, -0.1) is 0 Å². The second-order valence-corrected chi connectivity index (χ2v) is 9.19. The van der Waals surface area contributed by atoms with Crippen LogP contribution in [0.25, 0.3) is 0 Å². The second-order valence-electron chi connectivity index (χ2n) is 7.78. The van der Waals surface area contributed by atoms with Crippen LogP contribution in [-0.4, -0.2) is 29.5 Å². The van der Waals surface area contributed by atoms with Crippen LogP contribution in [0.5, 0.6) is 5.75 Å². The Kier molecular flexibility index (Phi) is 6.41. The van der Waals surface area contributed by atoms with Crippen molar-refractivity contribution < 1.29 is 14.1 Å². The number of rotatable bonds is 7. The van der Waals surface area contributed by atoms with Crippen LogP contribution >= 0.6 is 0 Å². The van der Waals surface area contributed by atoms with Crippen LogP contribution in [0.1, 0.15) is 22.3 Å². The third-order valence-corrected chi connectivity index (χ3v) is 7.29. The van der Waals surface area contributed by atoms with Crippen molar-refractivity contribution in [1.82, 2.24) is 5.32 Å². The predicted octanol–water partition coefficient (Wildman–Crippen LogP) is 4.56. The van der Waals surface area contributed by atoms with Crippen molar-refractivity contribution >= 4 is 22.2 Å². The number of hydrogen-bond acceptors (Lipinski definition) is 5. The molecule has 1 aliphatic rings. The van der Waals surface area contributed by atoms with E-state index in [1.54, 1.807) is 7.11 Å². The lowest BCUT2D eigenvalue weighted by Crippen LogP contribution is -2.32. The fraction of sp³-hybridized carbons (Fsp3) is 0.280. The van der Waals surface area contributed by atoms with Gasteiger partial charge < -0.3 is 20.1 Å². The number of benzene rings is 3. The van der Waals surface area contributed by atoms with Gasteiger partial charge in [0.15, 0.2) is 0 Å². The summed E-state index contributed by atoms with van der Waals surface area (Å²) in [6, 6.07) is 17.7. The minimum Gasteiger partial charge on any atom is -0.507 e. The lowest BCUT2D eigenvalue weighted by atomic mass is 10.1. The molecule has 1 atom stereocenters. The summed E-state index contributed by atoms with van der Waals surface area (Å²) in [5, 5.41) is 13.9. The first-order valence-electron chi connectivity index (χ1n) is 10.4. The predicted molar refractivity (Wildman–Crippen MR) is 125 cm³/mol. The molecule has 3 aromatic carbocycles. The van der Waals surface area contributed by atoms with E-state index in [4.69, 9.17) is 4.74 Å². The van der Waals surface area contributed by atoms with Crippen LogP contribution in [0.15, 0.2) is 64.4 Å². The number of methoxy groups -OCH3 is 1. The molecule has 0 saturated carbocycles. The van der Waals surface area contributed by atoms with E-state index in [0.717, 1.165) is 44.4 Å². The van der Waals surface area contributed by atoms with Crippen molar-refractivity contribution in [2.24, 2.45) is 0 Å². The van der Waals surface area contributed by atoms with Gasteiger partial charge in [0.05, 0.1) is 38.6 Å². The standard InChI is InChI=1S/C25H28N2O3S/c1-17-11-12-23-24(18(17)2)27(21-9-4-5-10-22(21)31(23)29)14-13-26-15-19-7-6-8-20(16-30-3)25(19)28/h4-12,26,28H,13-16H2,1-3H3. The molecule has 5 nitrogen and oxygen atoms in total. The average molecular weight is 437 g/mol. The Morgan fingerprint density at radius 3 is 2.58 bits per heavy atom. The second kappa shape index (κ2) is 9.22. The maximum absolute atomic E-state index is 13.2. The van der Waals surface area contributed by atoms with E-state index in [1.807, 2.05) is 54.6 Å². The molecule has 0 radical (unpaired) electrons. The fourth-order valence-electron chi connectivity index (χ4n) is 4.04. The Balaban J connectivity index is 1.55. The minimum absolute atomic E-state index is 0.285. The first kappa shape index (κ1) is 21.6. The lowest BCUT2D eigenvalue weighted by Gasteiger charge is -2.34. The highest BCUT2D eigenvalue weighted by molar-refractivity contribution is 7.85. The van der Waals surface area contributed by atoms with Crippen LogP contribution in [0.2, 0.25) is 0 Å². The molecule has 0 aromatic heterocycles. The number of anilines is 2. The third-order valence-electron chi connectivity index (χ3n) is 5.82. The number of fused-ring (bicyclic) bond motifs is 2. The number of aromatic hydroxyl groups is 1. The number of para-hydroxylation sites is 2. The summed E-state index contributed by atoms with van der Waals surface area (Å²) in [5.41, 5.74) is 6.02. The molecule has 2 N–H and O–H groups in total. The van der Waals surface area contributed by atoms with Crippen LogP contribution < -0.4 is 10.2 Å². The van der Waals surface area contributed by atoms with Gasteiger partial charge in [-0.2, -0.15) is 0 Å². The molecule has 0 aliphatic carbocycles. The van der Waals surface area contributed by atoms with Gasteiger partial charge in [-0.3, -0.25) is 0 Å². The molecule has 4 rings (SSSR count). The van der Waals surface area contributed by atoms with Crippen LogP contribution in [0.4, 0.5) is 11.4 Å². The van der Waals surface area contributed by atoms with E-state index in [0.29, 0.717) is 19.7 Å². The van der Waals surface area contributed by atoms with Gasteiger partial charge in [-0.25, -0.2) is 4.21 Å². The largest absolute Gasteiger partial charge is 0.507 e. The summed E-state index contributed by atoms with van der Waals surface area (Å²) in [5.74, 6) is 0.285. The number of aryl methyl sites for hydroxylation is 1. The minimum atomic E-state index is -1.18. The zero-order chi connectivity index (χ0) is 22.0. The van der Waals surface area contributed by atoms with E-state index >= 15 is 0 Å². The number of phenols is 1. The summed E-state index contributed by atoms with van der Waals surface area (Å²) in [7, 11) is 0.439. The van der Waals surface area contributed by atoms with E-state index < -0.39 is 10.8 Å². The van der Waals surface area contributed by atoms with Crippen molar-refractivity contribution in [3.8, 4) is 5.75 Å². The maximum Gasteiger partial charge on any atom is 0.125 e. The summed E-state index contributed by atoms with van der Waals surface area (Å²) >= 11 is 0. The molecule has 1 unspecified atom stereocenters. The van der Waals surface area contributed by atoms with Crippen molar-refractivity contribution in [1.29, 1.82) is 0 Å². The van der Waals surface area contributed by atoms with Crippen molar-refractivity contribution in [2.45, 2.75) is 36.8 Å². The number of phenolic OH excluding ortho intramolecular Hbond substituents is 1. The van der Waals surface area contributed by atoms with Crippen LogP contribution in [0.3, 0.4) is 0 Å². The molecule has 1 aliphatic heterocycles. The normalized spacial score (nSPS) is 14.9.